The molecule has 1 unspecified atom stereocenters. The zero-order valence-electron chi connectivity index (χ0n) is 10.2. The number of morpholine rings is 1. The van der Waals surface area contributed by atoms with Gasteiger partial charge < -0.3 is 14.7 Å². The van der Waals surface area contributed by atoms with Gasteiger partial charge in [0.15, 0.2) is 6.10 Å². The van der Waals surface area contributed by atoms with Crippen LogP contribution in [0.15, 0.2) is 24.3 Å². The second kappa shape index (κ2) is 5.79. The molecule has 1 aromatic carbocycles. The van der Waals surface area contributed by atoms with Crippen molar-refractivity contribution in [2.24, 2.45) is 0 Å². The predicted octanol–water partition coefficient (Wildman–Crippen LogP) is 0.680. The van der Waals surface area contributed by atoms with Gasteiger partial charge in [0.05, 0.1) is 19.6 Å². The van der Waals surface area contributed by atoms with Crippen molar-refractivity contribution in [1.82, 2.24) is 4.90 Å². The van der Waals surface area contributed by atoms with Crippen LogP contribution in [-0.2, 0) is 20.7 Å². The summed E-state index contributed by atoms with van der Waals surface area (Å²) in [7, 11) is 0. The lowest BCUT2D eigenvalue weighted by molar-refractivity contribution is -0.159. The number of benzene rings is 1. The van der Waals surface area contributed by atoms with Crippen LogP contribution in [0.4, 0.5) is 4.39 Å². The van der Waals surface area contributed by atoms with Crippen LogP contribution in [-0.4, -0.2) is 47.7 Å². The molecule has 1 saturated heterocycles. The molecule has 19 heavy (non-hydrogen) atoms. The second-order valence-corrected chi connectivity index (χ2v) is 4.34. The molecule has 0 aliphatic carbocycles. The fourth-order valence-electron chi connectivity index (χ4n) is 1.96. The number of amides is 1. The van der Waals surface area contributed by atoms with Crippen molar-refractivity contribution in [3.8, 4) is 0 Å². The second-order valence-electron chi connectivity index (χ2n) is 4.34. The zero-order chi connectivity index (χ0) is 13.8. The molecule has 5 nitrogen and oxygen atoms in total. The van der Waals surface area contributed by atoms with E-state index in [1.165, 1.54) is 23.1 Å². The summed E-state index contributed by atoms with van der Waals surface area (Å²) in [6.07, 6.45) is -0.922. The summed E-state index contributed by atoms with van der Waals surface area (Å²) in [5.74, 6) is -1.70. The molecule has 1 atom stereocenters. The molecule has 0 radical (unpaired) electrons. The van der Waals surface area contributed by atoms with Gasteiger partial charge in [0.25, 0.3) is 0 Å². The van der Waals surface area contributed by atoms with E-state index in [4.69, 9.17) is 9.84 Å². The maximum Gasteiger partial charge on any atom is 0.334 e. The minimum absolute atomic E-state index is 0.0312. The van der Waals surface area contributed by atoms with Gasteiger partial charge in [-0.25, -0.2) is 9.18 Å². The first-order valence-corrected chi connectivity index (χ1v) is 5.93. The highest BCUT2D eigenvalue weighted by Crippen LogP contribution is 2.10. The molecule has 1 aliphatic heterocycles. The van der Waals surface area contributed by atoms with Crippen molar-refractivity contribution < 1.29 is 23.8 Å². The molecule has 0 aromatic heterocycles. The first kappa shape index (κ1) is 13.5. The normalized spacial score (nSPS) is 19.2. The van der Waals surface area contributed by atoms with Crippen molar-refractivity contribution in [1.29, 1.82) is 0 Å². The zero-order valence-corrected chi connectivity index (χ0v) is 10.2. The lowest BCUT2D eigenvalue weighted by atomic mass is 10.1. The van der Waals surface area contributed by atoms with E-state index in [0.29, 0.717) is 12.1 Å². The third-order valence-corrected chi connectivity index (χ3v) is 2.94. The van der Waals surface area contributed by atoms with Gasteiger partial charge in [-0.05, 0) is 17.7 Å². The lowest BCUT2D eigenvalue weighted by Crippen LogP contribution is -2.49. The van der Waals surface area contributed by atoms with Gasteiger partial charge in [0.1, 0.15) is 5.82 Å². The molecule has 1 aliphatic rings. The molecule has 1 aromatic rings. The van der Waals surface area contributed by atoms with E-state index in [1.54, 1.807) is 6.07 Å². The fraction of sp³-hybridized carbons (Fsp3) is 0.385. The molecule has 1 N–H and O–H groups in total. The van der Waals surface area contributed by atoms with Crippen molar-refractivity contribution in [3.63, 3.8) is 0 Å². The van der Waals surface area contributed by atoms with E-state index in [1.807, 2.05) is 0 Å². The summed E-state index contributed by atoms with van der Waals surface area (Å²) in [6, 6.07) is 5.81. The molecule has 0 spiro atoms. The Morgan fingerprint density at radius 1 is 1.47 bits per heavy atom. The molecule has 0 saturated carbocycles. The lowest BCUT2D eigenvalue weighted by Gasteiger charge is -2.31. The first-order valence-electron chi connectivity index (χ1n) is 5.93. The molecule has 1 amide bonds. The number of hydrogen-bond donors (Lipinski definition) is 1. The fourth-order valence-corrected chi connectivity index (χ4v) is 1.96. The molecule has 2 rings (SSSR count). The third kappa shape index (κ3) is 3.51. The van der Waals surface area contributed by atoms with Crippen LogP contribution in [0.5, 0.6) is 0 Å². The van der Waals surface area contributed by atoms with E-state index in [-0.39, 0.29) is 25.5 Å². The summed E-state index contributed by atoms with van der Waals surface area (Å²) >= 11 is 0. The van der Waals surface area contributed by atoms with Crippen LogP contribution < -0.4 is 0 Å². The van der Waals surface area contributed by atoms with E-state index < -0.39 is 17.9 Å². The van der Waals surface area contributed by atoms with Crippen LogP contribution in [0.2, 0.25) is 0 Å². The standard InChI is InChI=1S/C13H14FNO4/c14-10-3-1-2-9(6-10)7-12(16)15-4-5-19-11(8-15)13(17)18/h1-3,6,11H,4-5,7-8H2,(H,17,18). The number of aliphatic carboxylic acids is 1. The highest BCUT2D eigenvalue weighted by Gasteiger charge is 2.28. The highest BCUT2D eigenvalue weighted by molar-refractivity contribution is 5.80. The number of rotatable bonds is 3. The number of carbonyl (C=O) groups is 2. The number of ether oxygens (including phenoxy) is 1. The number of carboxylic acids is 1. The Morgan fingerprint density at radius 3 is 2.95 bits per heavy atom. The average Bonchev–Trinajstić information content (AvgIpc) is 2.39. The van der Waals surface area contributed by atoms with Crippen LogP contribution >= 0.6 is 0 Å². The van der Waals surface area contributed by atoms with E-state index >= 15 is 0 Å². The predicted molar refractivity (Wildman–Crippen MR) is 64.1 cm³/mol. The topological polar surface area (TPSA) is 66.8 Å². The smallest absolute Gasteiger partial charge is 0.334 e. The summed E-state index contributed by atoms with van der Waals surface area (Å²) in [4.78, 5) is 24.3. The summed E-state index contributed by atoms with van der Waals surface area (Å²) in [5, 5.41) is 8.85. The van der Waals surface area contributed by atoms with Gasteiger partial charge in [-0.1, -0.05) is 12.1 Å². The average molecular weight is 267 g/mol. The minimum Gasteiger partial charge on any atom is -0.479 e. The van der Waals surface area contributed by atoms with Crippen LogP contribution in [0.25, 0.3) is 0 Å². The highest BCUT2D eigenvalue weighted by atomic mass is 19.1. The molecule has 102 valence electrons. The quantitative estimate of drug-likeness (QED) is 0.874. The SMILES string of the molecule is O=C(O)C1CN(C(=O)Cc2cccc(F)c2)CCO1. The van der Waals surface area contributed by atoms with Gasteiger partial charge >= 0.3 is 5.97 Å². The number of nitrogens with zero attached hydrogens (tertiary/aromatic N) is 1. The third-order valence-electron chi connectivity index (χ3n) is 2.94. The van der Waals surface area contributed by atoms with Crippen LogP contribution in [0.3, 0.4) is 0 Å². The summed E-state index contributed by atoms with van der Waals surface area (Å²) < 4.78 is 18.0. The Bertz CT molecular complexity index is 491. The summed E-state index contributed by atoms with van der Waals surface area (Å²) in [5.41, 5.74) is 0.573. The van der Waals surface area contributed by atoms with Crippen LogP contribution in [0, 0.1) is 5.82 Å². The van der Waals surface area contributed by atoms with Gasteiger partial charge in [0, 0.05) is 6.54 Å². The monoisotopic (exact) mass is 267 g/mol. The van der Waals surface area contributed by atoms with Crippen molar-refractivity contribution in [2.75, 3.05) is 19.7 Å². The molecular formula is C13H14FNO4. The van der Waals surface area contributed by atoms with E-state index in [0.717, 1.165) is 0 Å². The van der Waals surface area contributed by atoms with Gasteiger partial charge in [-0.3, -0.25) is 4.79 Å². The maximum atomic E-state index is 13.0. The van der Waals surface area contributed by atoms with Crippen molar-refractivity contribution in [3.05, 3.63) is 35.6 Å². The van der Waals surface area contributed by atoms with Crippen molar-refractivity contribution in [2.45, 2.75) is 12.5 Å². The number of carboxylic acid groups (broad SMARTS) is 1. The van der Waals surface area contributed by atoms with Crippen LogP contribution in [0.1, 0.15) is 5.56 Å². The number of halogens is 1. The van der Waals surface area contributed by atoms with Gasteiger partial charge in [-0.15, -0.1) is 0 Å². The molecule has 1 heterocycles. The van der Waals surface area contributed by atoms with E-state index in [9.17, 15) is 14.0 Å². The minimum atomic E-state index is -1.08. The number of hydrogen-bond acceptors (Lipinski definition) is 3. The van der Waals surface area contributed by atoms with Gasteiger partial charge in [-0.2, -0.15) is 0 Å². The maximum absolute atomic E-state index is 13.0. The Morgan fingerprint density at radius 2 is 2.26 bits per heavy atom. The molecule has 6 heteroatoms. The Kier molecular flexibility index (Phi) is 4.11. The molecule has 0 bridgehead atoms. The Hall–Kier alpha value is -1.95. The van der Waals surface area contributed by atoms with Gasteiger partial charge in [0.2, 0.25) is 5.91 Å². The number of carbonyl (C=O) groups excluding carboxylic acids is 1. The van der Waals surface area contributed by atoms with E-state index in [2.05, 4.69) is 0 Å². The Labute approximate surface area is 109 Å². The molecular weight excluding hydrogens is 253 g/mol. The first-order chi connectivity index (χ1) is 9.06. The summed E-state index contributed by atoms with van der Waals surface area (Å²) in [6.45, 7) is 0.591. The molecule has 1 fully saturated rings. The van der Waals surface area contributed by atoms with Crippen molar-refractivity contribution >= 4 is 11.9 Å². The largest absolute Gasteiger partial charge is 0.479 e. The Balaban J connectivity index is 1.98.